The van der Waals surface area contributed by atoms with Crippen molar-refractivity contribution in [1.29, 1.82) is 0 Å². The number of aromatic nitrogens is 2. The molecule has 2 atom stereocenters. The van der Waals surface area contributed by atoms with E-state index in [4.69, 9.17) is 9.72 Å². The lowest BCUT2D eigenvalue weighted by Crippen LogP contribution is -2.27. The zero-order valence-electron chi connectivity index (χ0n) is 13.7. The van der Waals surface area contributed by atoms with Crippen LogP contribution >= 0.6 is 0 Å². The largest absolute Gasteiger partial charge is 0.381 e. The van der Waals surface area contributed by atoms with Crippen LogP contribution in [0.15, 0.2) is 0 Å². The van der Waals surface area contributed by atoms with Gasteiger partial charge in [0.25, 0.3) is 0 Å². The molecular weight excluding hydrogens is 264 g/mol. The quantitative estimate of drug-likeness (QED) is 0.809. The van der Waals surface area contributed by atoms with E-state index < -0.39 is 0 Å². The molecule has 1 fully saturated rings. The SMILES string of the molecule is CCCc1nc(NCC)c(C)c(NC(C)C2CCOC2)n1. The number of nitrogens with one attached hydrogen (secondary N) is 2. The lowest BCUT2D eigenvalue weighted by atomic mass is 10.0. The Hall–Kier alpha value is -1.36. The molecule has 118 valence electrons. The van der Waals surface area contributed by atoms with Gasteiger partial charge in [0, 0.05) is 37.1 Å². The van der Waals surface area contributed by atoms with Crippen LogP contribution in [-0.2, 0) is 11.2 Å². The smallest absolute Gasteiger partial charge is 0.134 e. The van der Waals surface area contributed by atoms with Gasteiger partial charge in [-0.05, 0) is 33.6 Å². The average molecular weight is 292 g/mol. The van der Waals surface area contributed by atoms with E-state index in [0.717, 1.165) is 62.0 Å². The number of hydrogen-bond acceptors (Lipinski definition) is 5. The molecule has 1 aliphatic heterocycles. The van der Waals surface area contributed by atoms with Gasteiger partial charge in [-0.15, -0.1) is 0 Å². The van der Waals surface area contributed by atoms with Crippen molar-refractivity contribution in [2.45, 2.75) is 53.0 Å². The Morgan fingerprint density at radius 1 is 1.29 bits per heavy atom. The van der Waals surface area contributed by atoms with Crippen molar-refractivity contribution in [3.05, 3.63) is 11.4 Å². The molecule has 0 aliphatic carbocycles. The number of nitrogens with zero attached hydrogens (tertiary/aromatic N) is 2. The summed E-state index contributed by atoms with van der Waals surface area (Å²) in [6.07, 6.45) is 3.09. The fraction of sp³-hybridized carbons (Fsp3) is 0.750. The van der Waals surface area contributed by atoms with Gasteiger partial charge in [0.1, 0.15) is 17.5 Å². The van der Waals surface area contributed by atoms with E-state index in [9.17, 15) is 0 Å². The standard InChI is InChI=1S/C16H28N4O/c1-5-7-14-19-15(17-6-2)11(3)16(20-14)18-12(4)13-8-9-21-10-13/h12-13H,5-10H2,1-4H3,(H2,17,18,19,20). The third-order valence-corrected chi connectivity index (χ3v) is 4.05. The molecule has 0 spiro atoms. The van der Waals surface area contributed by atoms with Crippen LogP contribution < -0.4 is 10.6 Å². The first kappa shape index (κ1) is 16.0. The van der Waals surface area contributed by atoms with Crippen molar-refractivity contribution in [3.8, 4) is 0 Å². The molecule has 5 nitrogen and oxygen atoms in total. The maximum Gasteiger partial charge on any atom is 0.134 e. The number of hydrogen-bond donors (Lipinski definition) is 2. The first-order valence-electron chi connectivity index (χ1n) is 8.11. The predicted molar refractivity (Wildman–Crippen MR) is 86.9 cm³/mol. The van der Waals surface area contributed by atoms with E-state index in [0.29, 0.717) is 12.0 Å². The van der Waals surface area contributed by atoms with Crippen LogP contribution in [0.1, 0.15) is 45.0 Å². The minimum Gasteiger partial charge on any atom is -0.381 e. The van der Waals surface area contributed by atoms with Gasteiger partial charge in [-0.25, -0.2) is 9.97 Å². The Morgan fingerprint density at radius 3 is 2.67 bits per heavy atom. The Labute approximate surface area is 127 Å². The summed E-state index contributed by atoms with van der Waals surface area (Å²) in [6, 6.07) is 0.366. The van der Waals surface area contributed by atoms with Crippen LogP contribution in [0.5, 0.6) is 0 Å². The molecular formula is C16H28N4O. The molecule has 1 saturated heterocycles. The maximum atomic E-state index is 5.49. The molecule has 1 aromatic heterocycles. The monoisotopic (exact) mass is 292 g/mol. The number of rotatable bonds is 7. The number of anilines is 2. The normalized spacial score (nSPS) is 19.5. The molecule has 0 bridgehead atoms. The molecule has 0 radical (unpaired) electrons. The highest BCUT2D eigenvalue weighted by Gasteiger charge is 2.23. The van der Waals surface area contributed by atoms with Crippen molar-refractivity contribution >= 4 is 11.6 Å². The average Bonchev–Trinajstić information content (AvgIpc) is 2.98. The molecule has 5 heteroatoms. The Kier molecular flexibility index (Phi) is 5.79. The van der Waals surface area contributed by atoms with Crippen LogP contribution in [-0.4, -0.2) is 35.8 Å². The summed E-state index contributed by atoms with van der Waals surface area (Å²) in [4.78, 5) is 9.34. The minimum absolute atomic E-state index is 0.366. The molecule has 0 amide bonds. The second-order valence-corrected chi connectivity index (χ2v) is 5.80. The van der Waals surface area contributed by atoms with Crippen LogP contribution in [0.3, 0.4) is 0 Å². The molecule has 2 rings (SSSR count). The van der Waals surface area contributed by atoms with Gasteiger partial charge < -0.3 is 15.4 Å². The highest BCUT2D eigenvalue weighted by atomic mass is 16.5. The predicted octanol–water partition coefficient (Wildman–Crippen LogP) is 3.01. The van der Waals surface area contributed by atoms with E-state index in [-0.39, 0.29) is 0 Å². The molecule has 2 N–H and O–H groups in total. The Bertz CT molecular complexity index is 458. The first-order valence-corrected chi connectivity index (χ1v) is 8.11. The lowest BCUT2D eigenvalue weighted by Gasteiger charge is -2.22. The summed E-state index contributed by atoms with van der Waals surface area (Å²) >= 11 is 0. The number of aryl methyl sites for hydroxylation is 1. The van der Waals surface area contributed by atoms with Crippen LogP contribution in [0.2, 0.25) is 0 Å². The van der Waals surface area contributed by atoms with Crippen molar-refractivity contribution in [2.24, 2.45) is 5.92 Å². The summed E-state index contributed by atoms with van der Waals surface area (Å²) in [5.74, 6) is 3.39. The zero-order chi connectivity index (χ0) is 15.2. The van der Waals surface area contributed by atoms with Gasteiger partial charge in [-0.3, -0.25) is 0 Å². The van der Waals surface area contributed by atoms with Crippen molar-refractivity contribution < 1.29 is 4.74 Å². The van der Waals surface area contributed by atoms with Crippen molar-refractivity contribution in [2.75, 3.05) is 30.4 Å². The third kappa shape index (κ3) is 4.06. The topological polar surface area (TPSA) is 59.1 Å². The lowest BCUT2D eigenvalue weighted by molar-refractivity contribution is 0.183. The van der Waals surface area contributed by atoms with Gasteiger partial charge in [-0.2, -0.15) is 0 Å². The molecule has 1 aliphatic rings. The Balaban J connectivity index is 2.19. The van der Waals surface area contributed by atoms with Crippen LogP contribution in [0.4, 0.5) is 11.6 Å². The first-order chi connectivity index (χ1) is 10.2. The van der Waals surface area contributed by atoms with Gasteiger partial charge in [0.15, 0.2) is 0 Å². The van der Waals surface area contributed by atoms with E-state index in [2.05, 4.69) is 43.3 Å². The fourth-order valence-corrected chi connectivity index (χ4v) is 2.66. The summed E-state index contributed by atoms with van der Waals surface area (Å²) in [6.45, 7) is 11.1. The second-order valence-electron chi connectivity index (χ2n) is 5.80. The van der Waals surface area contributed by atoms with E-state index in [1.165, 1.54) is 0 Å². The minimum atomic E-state index is 0.366. The summed E-state index contributed by atoms with van der Waals surface area (Å²) in [5.41, 5.74) is 1.10. The van der Waals surface area contributed by atoms with Gasteiger partial charge >= 0.3 is 0 Å². The summed E-state index contributed by atoms with van der Waals surface area (Å²) < 4.78 is 5.49. The fourth-order valence-electron chi connectivity index (χ4n) is 2.66. The van der Waals surface area contributed by atoms with Crippen molar-refractivity contribution in [1.82, 2.24) is 9.97 Å². The third-order valence-electron chi connectivity index (χ3n) is 4.05. The molecule has 0 saturated carbocycles. The van der Waals surface area contributed by atoms with Gasteiger partial charge in [0.2, 0.25) is 0 Å². The van der Waals surface area contributed by atoms with Crippen LogP contribution in [0.25, 0.3) is 0 Å². The maximum absolute atomic E-state index is 5.49. The second kappa shape index (κ2) is 7.59. The number of ether oxygens (including phenoxy) is 1. The van der Waals surface area contributed by atoms with Crippen LogP contribution in [0, 0.1) is 12.8 Å². The zero-order valence-corrected chi connectivity index (χ0v) is 13.7. The van der Waals surface area contributed by atoms with E-state index >= 15 is 0 Å². The van der Waals surface area contributed by atoms with E-state index in [1.807, 2.05) is 0 Å². The van der Waals surface area contributed by atoms with Gasteiger partial charge in [0.05, 0.1) is 6.61 Å². The molecule has 0 aromatic carbocycles. The van der Waals surface area contributed by atoms with Gasteiger partial charge in [-0.1, -0.05) is 6.92 Å². The Morgan fingerprint density at radius 2 is 2.05 bits per heavy atom. The molecule has 2 unspecified atom stereocenters. The summed E-state index contributed by atoms with van der Waals surface area (Å²) in [5, 5.41) is 6.92. The van der Waals surface area contributed by atoms with Crippen molar-refractivity contribution in [3.63, 3.8) is 0 Å². The van der Waals surface area contributed by atoms with E-state index in [1.54, 1.807) is 0 Å². The molecule has 21 heavy (non-hydrogen) atoms. The summed E-state index contributed by atoms with van der Waals surface area (Å²) in [7, 11) is 0. The highest BCUT2D eigenvalue weighted by molar-refractivity contribution is 5.57. The highest BCUT2D eigenvalue weighted by Crippen LogP contribution is 2.24. The molecule has 1 aromatic rings. The molecule has 2 heterocycles.